The number of hydrogen-bond acceptors (Lipinski definition) is 1. The fraction of sp³-hybridized carbons (Fsp3) is 0.556. The molecule has 1 N–H and O–H groups in total. The fourth-order valence-corrected chi connectivity index (χ4v) is 2.71. The maximum absolute atomic E-state index is 3.98. The highest BCUT2D eigenvalue weighted by atomic mass is 15.1. The first-order chi connectivity index (χ1) is 4.86. The number of hydrogen-bond donors (Lipinski definition) is 1. The monoisotopic (exact) mass is 133 g/mol. The molecule has 3 rings (SSSR count). The summed E-state index contributed by atoms with van der Waals surface area (Å²) in [5.74, 6) is 2.47. The zero-order chi connectivity index (χ0) is 6.72. The molecule has 52 valence electrons. The minimum atomic E-state index is 0.766. The van der Waals surface area contributed by atoms with Gasteiger partial charge in [0.15, 0.2) is 0 Å². The number of nitrogens with one attached hydrogen (secondary N) is 1. The average Bonchev–Trinajstić information content (AvgIpc) is 2.40. The SMILES string of the molecule is C=C1N[C@H]2[C@@H]3C=CC(C3)[C@@H]12. The lowest BCUT2D eigenvalue weighted by molar-refractivity contribution is 0.287. The Balaban J connectivity index is 2.03. The van der Waals surface area contributed by atoms with Crippen LogP contribution in [0.1, 0.15) is 6.42 Å². The van der Waals surface area contributed by atoms with Gasteiger partial charge >= 0.3 is 0 Å². The predicted molar refractivity (Wildman–Crippen MR) is 40.3 cm³/mol. The summed E-state index contributed by atoms with van der Waals surface area (Å²) in [7, 11) is 0. The zero-order valence-electron chi connectivity index (χ0n) is 5.88. The highest BCUT2D eigenvalue weighted by molar-refractivity contribution is 5.30. The summed E-state index contributed by atoms with van der Waals surface area (Å²) in [6, 6.07) is 0.766. The van der Waals surface area contributed by atoms with E-state index in [1.54, 1.807) is 0 Å². The van der Waals surface area contributed by atoms with Crippen molar-refractivity contribution in [2.75, 3.05) is 0 Å². The van der Waals surface area contributed by atoms with E-state index in [2.05, 4.69) is 24.0 Å². The van der Waals surface area contributed by atoms with E-state index in [-0.39, 0.29) is 0 Å². The van der Waals surface area contributed by atoms with Gasteiger partial charge in [0.1, 0.15) is 0 Å². The first-order valence-electron chi connectivity index (χ1n) is 4.00. The van der Waals surface area contributed by atoms with Crippen LogP contribution in [0, 0.1) is 17.8 Å². The number of fused-ring (bicyclic) bond motifs is 5. The summed E-state index contributed by atoms with van der Waals surface area (Å²) < 4.78 is 0. The zero-order valence-corrected chi connectivity index (χ0v) is 5.88. The Morgan fingerprint density at radius 2 is 2.20 bits per heavy atom. The van der Waals surface area contributed by atoms with Gasteiger partial charge < -0.3 is 5.32 Å². The van der Waals surface area contributed by atoms with Crippen molar-refractivity contribution in [2.45, 2.75) is 12.5 Å². The third-order valence-electron chi connectivity index (χ3n) is 3.21. The summed E-state index contributed by atoms with van der Waals surface area (Å²) in [5.41, 5.74) is 1.28. The van der Waals surface area contributed by atoms with Crippen molar-refractivity contribution in [2.24, 2.45) is 17.8 Å². The summed E-state index contributed by atoms with van der Waals surface area (Å²) in [6.07, 6.45) is 6.12. The van der Waals surface area contributed by atoms with Crippen molar-refractivity contribution in [1.82, 2.24) is 5.32 Å². The molecule has 1 heteroatoms. The predicted octanol–water partition coefficient (Wildman–Crippen LogP) is 1.29. The molecule has 0 spiro atoms. The topological polar surface area (TPSA) is 12.0 Å². The van der Waals surface area contributed by atoms with Crippen molar-refractivity contribution in [3.8, 4) is 0 Å². The van der Waals surface area contributed by atoms with Gasteiger partial charge in [-0.1, -0.05) is 18.7 Å². The molecule has 1 heterocycles. The van der Waals surface area contributed by atoms with Crippen molar-refractivity contribution in [1.29, 1.82) is 0 Å². The molecule has 1 unspecified atom stereocenters. The second-order valence-electron chi connectivity index (χ2n) is 3.67. The lowest BCUT2D eigenvalue weighted by Gasteiger charge is -2.42. The Hall–Kier alpha value is -0.720. The van der Waals surface area contributed by atoms with Gasteiger partial charge in [-0.05, 0) is 18.3 Å². The summed E-state index contributed by atoms with van der Waals surface area (Å²) >= 11 is 0. The van der Waals surface area contributed by atoms with E-state index < -0.39 is 0 Å². The quantitative estimate of drug-likeness (QED) is 0.491. The fourth-order valence-electron chi connectivity index (χ4n) is 2.71. The molecule has 0 aromatic rings. The van der Waals surface area contributed by atoms with Crippen LogP contribution in [0.2, 0.25) is 0 Å². The normalized spacial score (nSPS) is 54.2. The number of allylic oxidation sites excluding steroid dienone is 1. The molecule has 0 radical (unpaired) electrons. The van der Waals surface area contributed by atoms with Gasteiger partial charge in [0.2, 0.25) is 0 Å². The van der Waals surface area contributed by atoms with Gasteiger partial charge in [0, 0.05) is 17.7 Å². The van der Waals surface area contributed by atoms with Crippen LogP contribution in [0.4, 0.5) is 0 Å². The molecule has 0 aromatic heterocycles. The average molecular weight is 133 g/mol. The number of rotatable bonds is 0. The molecule has 4 atom stereocenters. The molecule has 0 amide bonds. The van der Waals surface area contributed by atoms with Crippen molar-refractivity contribution in [3.63, 3.8) is 0 Å². The van der Waals surface area contributed by atoms with Crippen LogP contribution in [0.3, 0.4) is 0 Å². The molecular weight excluding hydrogens is 122 g/mol. The van der Waals surface area contributed by atoms with E-state index in [0.29, 0.717) is 0 Å². The van der Waals surface area contributed by atoms with Gasteiger partial charge in [-0.15, -0.1) is 0 Å². The van der Waals surface area contributed by atoms with E-state index in [9.17, 15) is 0 Å². The third kappa shape index (κ3) is 0.359. The Morgan fingerprint density at radius 1 is 1.40 bits per heavy atom. The molecule has 1 saturated carbocycles. The molecule has 1 nitrogen and oxygen atoms in total. The Labute approximate surface area is 60.8 Å². The molecule has 2 fully saturated rings. The highest BCUT2D eigenvalue weighted by Gasteiger charge is 2.51. The van der Waals surface area contributed by atoms with Crippen molar-refractivity contribution < 1.29 is 0 Å². The second kappa shape index (κ2) is 1.31. The van der Waals surface area contributed by atoms with Gasteiger partial charge in [0.25, 0.3) is 0 Å². The second-order valence-corrected chi connectivity index (χ2v) is 3.67. The largest absolute Gasteiger partial charge is 0.384 e. The smallest absolute Gasteiger partial charge is 0.0409 e. The molecular formula is C9H11N. The Morgan fingerprint density at radius 3 is 2.80 bits per heavy atom. The molecule has 1 aliphatic heterocycles. The molecule has 2 bridgehead atoms. The summed E-state index contributed by atoms with van der Waals surface area (Å²) in [6.45, 7) is 3.98. The summed E-state index contributed by atoms with van der Waals surface area (Å²) in [5, 5.41) is 3.39. The van der Waals surface area contributed by atoms with Gasteiger partial charge in [0.05, 0.1) is 0 Å². The Bertz CT molecular complexity index is 229. The minimum Gasteiger partial charge on any atom is -0.384 e. The van der Waals surface area contributed by atoms with Crippen molar-refractivity contribution in [3.05, 3.63) is 24.4 Å². The molecule has 3 aliphatic rings. The maximum Gasteiger partial charge on any atom is 0.0409 e. The van der Waals surface area contributed by atoms with Crippen molar-refractivity contribution >= 4 is 0 Å². The standard InChI is InChI=1S/C9H11N/c1-5-8-6-2-3-7(4-6)9(8)10-5/h2-3,6-10H,1,4H2/t6?,7-,8-,9+/m1/s1. The van der Waals surface area contributed by atoms with Crippen LogP contribution < -0.4 is 5.32 Å². The van der Waals surface area contributed by atoms with Gasteiger partial charge in [-0.2, -0.15) is 0 Å². The van der Waals surface area contributed by atoms with Gasteiger partial charge in [-0.3, -0.25) is 0 Å². The Kier molecular flexibility index (Phi) is 0.657. The van der Waals surface area contributed by atoms with E-state index in [1.807, 2.05) is 0 Å². The van der Waals surface area contributed by atoms with Crippen LogP contribution in [0.5, 0.6) is 0 Å². The highest BCUT2D eigenvalue weighted by Crippen LogP contribution is 2.51. The third-order valence-corrected chi connectivity index (χ3v) is 3.21. The molecule has 2 aliphatic carbocycles. The lowest BCUT2D eigenvalue weighted by atomic mass is 9.80. The van der Waals surface area contributed by atoms with Crippen LogP contribution >= 0.6 is 0 Å². The van der Waals surface area contributed by atoms with Crippen LogP contribution in [0.25, 0.3) is 0 Å². The first kappa shape index (κ1) is 5.00. The minimum absolute atomic E-state index is 0.766. The van der Waals surface area contributed by atoms with E-state index in [0.717, 1.165) is 23.8 Å². The van der Waals surface area contributed by atoms with E-state index in [1.165, 1.54) is 12.1 Å². The van der Waals surface area contributed by atoms with Gasteiger partial charge in [-0.25, -0.2) is 0 Å². The van der Waals surface area contributed by atoms with Crippen LogP contribution in [-0.2, 0) is 0 Å². The lowest BCUT2D eigenvalue weighted by Crippen LogP contribution is -2.52. The van der Waals surface area contributed by atoms with E-state index >= 15 is 0 Å². The molecule has 1 saturated heterocycles. The van der Waals surface area contributed by atoms with E-state index in [4.69, 9.17) is 0 Å². The molecule has 10 heavy (non-hydrogen) atoms. The first-order valence-corrected chi connectivity index (χ1v) is 4.00. The summed E-state index contributed by atoms with van der Waals surface area (Å²) in [4.78, 5) is 0. The maximum atomic E-state index is 3.98. The molecule has 0 aromatic carbocycles. The van der Waals surface area contributed by atoms with Crippen LogP contribution in [0.15, 0.2) is 24.4 Å². The van der Waals surface area contributed by atoms with Crippen LogP contribution in [-0.4, -0.2) is 6.04 Å².